The number of ether oxygens (including phenoxy) is 1. The van der Waals surface area contributed by atoms with E-state index in [1.165, 1.54) is 32.1 Å². The molecule has 124 valence electrons. The fraction of sp³-hybridized carbons (Fsp3) is 1.00. The van der Waals surface area contributed by atoms with Crippen LogP contribution < -0.4 is 5.32 Å². The summed E-state index contributed by atoms with van der Waals surface area (Å²) in [6.07, 6.45) is 2.78. The van der Waals surface area contributed by atoms with E-state index in [-0.39, 0.29) is 12.1 Å². The molecule has 0 radical (unpaired) electrons. The van der Waals surface area contributed by atoms with Crippen LogP contribution in [0, 0.1) is 0 Å². The summed E-state index contributed by atoms with van der Waals surface area (Å²) in [5.74, 6) is 0. The van der Waals surface area contributed by atoms with Gasteiger partial charge in [0.25, 0.3) is 0 Å². The molecule has 0 aromatic heterocycles. The molecule has 1 N–H and O–H groups in total. The van der Waals surface area contributed by atoms with Crippen LogP contribution in [0.4, 0.5) is 13.2 Å². The zero-order valence-corrected chi connectivity index (χ0v) is 12.8. The lowest BCUT2D eigenvalue weighted by Crippen LogP contribution is -2.64. The lowest BCUT2D eigenvalue weighted by Gasteiger charge is -2.49. The highest BCUT2D eigenvalue weighted by molar-refractivity contribution is 4.98. The van der Waals surface area contributed by atoms with Crippen LogP contribution in [0.5, 0.6) is 0 Å². The molecule has 1 spiro atoms. The van der Waals surface area contributed by atoms with Crippen LogP contribution in [0.15, 0.2) is 0 Å². The Kier molecular flexibility index (Phi) is 5.91. The average molecular weight is 308 g/mol. The van der Waals surface area contributed by atoms with Crippen LogP contribution in [0.3, 0.4) is 0 Å². The minimum Gasteiger partial charge on any atom is -0.372 e. The number of halogens is 3. The molecular formula is C15H27F3N2O. The summed E-state index contributed by atoms with van der Waals surface area (Å²) in [7, 11) is 0. The Bertz CT molecular complexity index is 317. The van der Waals surface area contributed by atoms with Crippen molar-refractivity contribution in [3.8, 4) is 0 Å². The van der Waals surface area contributed by atoms with Gasteiger partial charge in [0, 0.05) is 37.8 Å². The van der Waals surface area contributed by atoms with Gasteiger partial charge in [0.1, 0.15) is 6.61 Å². The Labute approximate surface area is 125 Å². The Morgan fingerprint density at radius 3 is 2.62 bits per heavy atom. The molecule has 0 aromatic rings. The molecule has 1 saturated heterocycles. The number of piperazine rings is 1. The summed E-state index contributed by atoms with van der Waals surface area (Å²) in [4.78, 5) is 2.42. The third-order valence-corrected chi connectivity index (χ3v) is 4.71. The molecule has 1 atom stereocenters. The Balaban J connectivity index is 1.71. The number of hydrogen-bond donors (Lipinski definition) is 1. The minimum atomic E-state index is -4.21. The highest BCUT2D eigenvalue weighted by atomic mass is 19.4. The van der Waals surface area contributed by atoms with Gasteiger partial charge in [0.2, 0.25) is 0 Å². The van der Waals surface area contributed by atoms with Crippen molar-refractivity contribution in [3.05, 3.63) is 0 Å². The molecule has 3 nitrogen and oxygen atoms in total. The quantitative estimate of drug-likeness (QED) is 0.790. The molecule has 1 aliphatic heterocycles. The van der Waals surface area contributed by atoms with E-state index in [0.717, 1.165) is 19.6 Å². The molecule has 0 aromatic carbocycles. The van der Waals surface area contributed by atoms with Gasteiger partial charge in [-0.05, 0) is 26.2 Å². The third kappa shape index (κ3) is 5.42. The predicted molar refractivity (Wildman–Crippen MR) is 76.3 cm³/mol. The van der Waals surface area contributed by atoms with Gasteiger partial charge >= 0.3 is 6.18 Å². The molecule has 2 aliphatic rings. The Morgan fingerprint density at radius 1 is 1.24 bits per heavy atom. The number of nitrogens with zero attached hydrogens (tertiary/aromatic N) is 1. The first-order valence-corrected chi connectivity index (χ1v) is 8.04. The fourth-order valence-electron chi connectivity index (χ4n) is 3.51. The topological polar surface area (TPSA) is 24.5 Å². The van der Waals surface area contributed by atoms with E-state index in [9.17, 15) is 13.2 Å². The van der Waals surface area contributed by atoms with E-state index in [4.69, 9.17) is 4.74 Å². The maximum absolute atomic E-state index is 12.0. The second-order valence-corrected chi connectivity index (χ2v) is 6.56. The van der Waals surface area contributed by atoms with E-state index in [0.29, 0.717) is 12.5 Å². The van der Waals surface area contributed by atoms with E-state index >= 15 is 0 Å². The third-order valence-electron chi connectivity index (χ3n) is 4.71. The highest BCUT2D eigenvalue weighted by Crippen LogP contribution is 2.31. The molecule has 1 aliphatic carbocycles. The van der Waals surface area contributed by atoms with Crippen molar-refractivity contribution in [3.63, 3.8) is 0 Å². The maximum Gasteiger partial charge on any atom is 0.411 e. The molecule has 21 heavy (non-hydrogen) atoms. The predicted octanol–water partition coefficient (Wildman–Crippen LogP) is 2.95. The average Bonchev–Trinajstić information content (AvgIpc) is 2.42. The van der Waals surface area contributed by atoms with Gasteiger partial charge in [-0.2, -0.15) is 13.2 Å². The molecule has 0 amide bonds. The van der Waals surface area contributed by atoms with Crippen molar-refractivity contribution in [2.45, 2.75) is 63.2 Å². The standard InChI is InChI=1S/C15H27F3N2O/c1-13-10-19-14(6-3-2-4-7-14)11-20(13)8-5-9-21-12-15(16,17)18/h13,19H,2-12H2,1H3. The number of alkyl halides is 3. The van der Waals surface area contributed by atoms with Crippen molar-refractivity contribution in [2.24, 2.45) is 0 Å². The van der Waals surface area contributed by atoms with Gasteiger partial charge in [0.15, 0.2) is 0 Å². The zero-order valence-electron chi connectivity index (χ0n) is 12.8. The molecule has 6 heteroatoms. The molecule has 1 heterocycles. The second kappa shape index (κ2) is 7.29. The number of nitrogens with one attached hydrogen (secondary N) is 1. The van der Waals surface area contributed by atoms with Crippen LogP contribution >= 0.6 is 0 Å². The summed E-state index contributed by atoms with van der Waals surface area (Å²) >= 11 is 0. The van der Waals surface area contributed by atoms with Gasteiger partial charge in [0.05, 0.1) is 0 Å². The Hall–Kier alpha value is -0.330. The summed E-state index contributed by atoms with van der Waals surface area (Å²) in [5.41, 5.74) is 0.248. The Morgan fingerprint density at radius 2 is 1.95 bits per heavy atom. The lowest BCUT2D eigenvalue weighted by molar-refractivity contribution is -0.174. The van der Waals surface area contributed by atoms with Gasteiger partial charge in [-0.15, -0.1) is 0 Å². The van der Waals surface area contributed by atoms with Gasteiger partial charge < -0.3 is 10.1 Å². The van der Waals surface area contributed by atoms with E-state index in [2.05, 4.69) is 17.1 Å². The molecule has 2 fully saturated rings. The van der Waals surface area contributed by atoms with Crippen LogP contribution in [-0.2, 0) is 4.74 Å². The largest absolute Gasteiger partial charge is 0.411 e. The van der Waals surface area contributed by atoms with Crippen molar-refractivity contribution >= 4 is 0 Å². The number of hydrogen-bond acceptors (Lipinski definition) is 3. The number of rotatable bonds is 5. The first kappa shape index (κ1) is 17.0. The van der Waals surface area contributed by atoms with Gasteiger partial charge in [-0.25, -0.2) is 0 Å². The first-order valence-electron chi connectivity index (χ1n) is 8.04. The second-order valence-electron chi connectivity index (χ2n) is 6.56. The fourth-order valence-corrected chi connectivity index (χ4v) is 3.51. The van der Waals surface area contributed by atoms with Gasteiger partial charge in [-0.3, -0.25) is 4.90 Å². The van der Waals surface area contributed by atoms with Crippen LogP contribution in [0.25, 0.3) is 0 Å². The molecule has 1 saturated carbocycles. The summed E-state index contributed by atoms with van der Waals surface area (Å²) in [6.45, 7) is 4.05. The highest BCUT2D eigenvalue weighted by Gasteiger charge is 2.38. The van der Waals surface area contributed by atoms with E-state index in [1.807, 2.05) is 0 Å². The SMILES string of the molecule is CC1CNC2(CCCCC2)CN1CCCOCC(F)(F)F. The molecule has 2 rings (SSSR count). The molecular weight excluding hydrogens is 281 g/mol. The zero-order chi connectivity index (χ0) is 15.3. The lowest BCUT2D eigenvalue weighted by atomic mass is 9.79. The molecule has 1 unspecified atom stereocenters. The van der Waals surface area contributed by atoms with Crippen molar-refractivity contribution in [2.75, 3.05) is 32.8 Å². The van der Waals surface area contributed by atoms with Crippen LogP contribution in [0.1, 0.15) is 45.4 Å². The van der Waals surface area contributed by atoms with Crippen molar-refractivity contribution in [1.82, 2.24) is 10.2 Å². The minimum absolute atomic E-state index is 0.184. The molecule has 0 bridgehead atoms. The van der Waals surface area contributed by atoms with Crippen molar-refractivity contribution < 1.29 is 17.9 Å². The first-order chi connectivity index (χ1) is 9.90. The summed E-state index contributed by atoms with van der Waals surface area (Å²) < 4.78 is 40.7. The van der Waals surface area contributed by atoms with E-state index in [1.54, 1.807) is 0 Å². The van der Waals surface area contributed by atoms with Crippen molar-refractivity contribution in [1.29, 1.82) is 0 Å². The summed E-state index contributed by atoms with van der Waals surface area (Å²) in [5, 5.41) is 3.71. The maximum atomic E-state index is 12.0. The van der Waals surface area contributed by atoms with Crippen LogP contribution in [0.2, 0.25) is 0 Å². The smallest absolute Gasteiger partial charge is 0.372 e. The summed E-state index contributed by atoms with van der Waals surface area (Å²) in [6, 6.07) is 0.445. The van der Waals surface area contributed by atoms with Gasteiger partial charge in [-0.1, -0.05) is 19.3 Å². The monoisotopic (exact) mass is 308 g/mol. The van der Waals surface area contributed by atoms with Crippen LogP contribution in [-0.4, -0.2) is 55.5 Å². The van der Waals surface area contributed by atoms with E-state index < -0.39 is 12.8 Å². The normalized spacial score (nSPS) is 27.1.